The Hall–Kier alpha value is -0.120. The molecule has 1 heterocycles. The predicted octanol–water partition coefficient (Wildman–Crippen LogP) is 1.08. The predicted molar refractivity (Wildman–Crippen MR) is 59.3 cm³/mol. The van der Waals surface area contributed by atoms with E-state index in [-0.39, 0.29) is 0 Å². The molecular formula is C11H24N2O. The monoisotopic (exact) mass is 200 g/mol. The molecule has 2 atom stereocenters. The molecule has 0 aliphatic carbocycles. The van der Waals surface area contributed by atoms with Crippen LogP contribution in [0.1, 0.15) is 26.7 Å². The topological polar surface area (TPSA) is 38.5 Å². The van der Waals surface area contributed by atoms with Crippen LogP contribution >= 0.6 is 0 Å². The first-order valence-corrected chi connectivity index (χ1v) is 5.81. The first-order chi connectivity index (χ1) is 6.79. The molecule has 1 rings (SSSR count). The maximum Gasteiger partial charge on any atom is 0.0593 e. The molecular weight excluding hydrogens is 176 g/mol. The van der Waals surface area contributed by atoms with Gasteiger partial charge in [0.2, 0.25) is 0 Å². The van der Waals surface area contributed by atoms with Crippen molar-refractivity contribution in [2.75, 3.05) is 32.8 Å². The second-order valence-corrected chi connectivity index (χ2v) is 4.22. The molecule has 0 bridgehead atoms. The van der Waals surface area contributed by atoms with Crippen molar-refractivity contribution in [2.45, 2.75) is 32.7 Å². The Kier molecular flexibility index (Phi) is 5.45. The summed E-state index contributed by atoms with van der Waals surface area (Å²) in [6.07, 6.45) is 2.40. The summed E-state index contributed by atoms with van der Waals surface area (Å²) in [5, 5.41) is 0. The zero-order valence-corrected chi connectivity index (χ0v) is 9.54. The Morgan fingerprint density at radius 1 is 1.43 bits per heavy atom. The molecule has 0 aromatic rings. The van der Waals surface area contributed by atoms with Crippen molar-refractivity contribution in [1.29, 1.82) is 0 Å². The molecule has 0 aromatic carbocycles. The second kappa shape index (κ2) is 6.38. The second-order valence-electron chi connectivity index (χ2n) is 4.22. The Bertz CT molecular complexity index is 152. The highest BCUT2D eigenvalue weighted by Gasteiger charge is 2.29. The van der Waals surface area contributed by atoms with E-state index >= 15 is 0 Å². The van der Waals surface area contributed by atoms with Crippen molar-refractivity contribution in [3.63, 3.8) is 0 Å². The summed E-state index contributed by atoms with van der Waals surface area (Å²) < 4.78 is 5.49. The van der Waals surface area contributed by atoms with Gasteiger partial charge in [0.05, 0.1) is 6.61 Å². The zero-order valence-electron chi connectivity index (χ0n) is 9.54. The summed E-state index contributed by atoms with van der Waals surface area (Å²) in [6.45, 7) is 9.21. The van der Waals surface area contributed by atoms with E-state index in [1.165, 1.54) is 13.0 Å². The van der Waals surface area contributed by atoms with Gasteiger partial charge >= 0.3 is 0 Å². The molecule has 14 heavy (non-hydrogen) atoms. The SMILES string of the molecule is CCCOCCN1CCC(C)C1CN. The summed E-state index contributed by atoms with van der Waals surface area (Å²) in [5.41, 5.74) is 5.76. The zero-order chi connectivity index (χ0) is 10.4. The molecule has 0 radical (unpaired) electrons. The Morgan fingerprint density at radius 2 is 2.21 bits per heavy atom. The van der Waals surface area contributed by atoms with Crippen molar-refractivity contribution in [1.82, 2.24) is 4.90 Å². The van der Waals surface area contributed by atoms with Crippen LogP contribution < -0.4 is 5.73 Å². The number of ether oxygens (including phenoxy) is 1. The van der Waals surface area contributed by atoms with Crippen LogP contribution in [0.3, 0.4) is 0 Å². The van der Waals surface area contributed by atoms with Gasteiger partial charge < -0.3 is 10.5 Å². The largest absolute Gasteiger partial charge is 0.380 e. The highest BCUT2D eigenvalue weighted by molar-refractivity contribution is 4.84. The molecule has 84 valence electrons. The van der Waals surface area contributed by atoms with Gasteiger partial charge in [0, 0.05) is 25.7 Å². The van der Waals surface area contributed by atoms with Gasteiger partial charge in [-0.05, 0) is 25.3 Å². The van der Waals surface area contributed by atoms with Crippen LogP contribution in [0.4, 0.5) is 0 Å². The molecule has 0 aromatic heterocycles. The lowest BCUT2D eigenvalue weighted by molar-refractivity contribution is 0.0977. The fourth-order valence-corrected chi connectivity index (χ4v) is 2.17. The fraction of sp³-hybridized carbons (Fsp3) is 1.00. The number of likely N-dealkylation sites (tertiary alicyclic amines) is 1. The third-order valence-electron chi connectivity index (χ3n) is 3.11. The van der Waals surface area contributed by atoms with Gasteiger partial charge in [0.15, 0.2) is 0 Å². The van der Waals surface area contributed by atoms with E-state index in [0.29, 0.717) is 6.04 Å². The van der Waals surface area contributed by atoms with Gasteiger partial charge in [-0.1, -0.05) is 13.8 Å². The Balaban J connectivity index is 2.17. The van der Waals surface area contributed by atoms with E-state index in [1.807, 2.05) is 0 Å². The molecule has 1 aliphatic heterocycles. The highest BCUT2D eigenvalue weighted by Crippen LogP contribution is 2.22. The first kappa shape index (κ1) is 12.0. The third-order valence-corrected chi connectivity index (χ3v) is 3.11. The van der Waals surface area contributed by atoms with Crippen LogP contribution in [0.5, 0.6) is 0 Å². The average molecular weight is 200 g/mol. The number of hydrogen-bond donors (Lipinski definition) is 1. The van der Waals surface area contributed by atoms with Crippen LogP contribution in [0.2, 0.25) is 0 Å². The smallest absolute Gasteiger partial charge is 0.0593 e. The molecule has 3 nitrogen and oxygen atoms in total. The lowest BCUT2D eigenvalue weighted by atomic mass is 10.0. The summed E-state index contributed by atoms with van der Waals surface area (Å²) >= 11 is 0. The van der Waals surface area contributed by atoms with Gasteiger partial charge in [0.1, 0.15) is 0 Å². The lowest BCUT2D eigenvalue weighted by Crippen LogP contribution is -2.40. The van der Waals surface area contributed by atoms with Gasteiger partial charge in [-0.2, -0.15) is 0 Å². The van der Waals surface area contributed by atoms with Crippen molar-refractivity contribution in [3.05, 3.63) is 0 Å². The Labute approximate surface area is 87.6 Å². The van der Waals surface area contributed by atoms with E-state index in [9.17, 15) is 0 Å². The van der Waals surface area contributed by atoms with E-state index in [4.69, 9.17) is 10.5 Å². The first-order valence-electron chi connectivity index (χ1n) is 5.81. The van der Waals surface area contributed by atoms with Gasteiger partial charge in [0.25, 0.3) is 0 Å². The molecule has 2 unspecified atom stereocenters. The van der Waals surface area contributed by atoms with Gasteiger partial charge in [-0.25, -0.2) is 0 Å². The summed E-state index contributed by atoms with van der Waals surface area (Å²) in [5.74, 6) is 0.756. The highest BCUT2D eigenvalue weighted by atomic mass is 16.5. The molecule has 1 saturated heterocycles. The molecule has 2 N–H and O–H groups in total. The summed E-state index contributed by atoms with van der Waals surface area (Å²) in [4.78, 5) is 2.47. The number of nitrogens with zero attached hydrogens (tertiary/aromatic N) is 1. The molecule has 3 heteroatoms. The minimum absolute atomic E-state index is 0.584. The quantitative estimate of drug-likeness (QED) is 0.652. The molecule has 0 saturated carbocycles. The van der Waals surface area contributed by atoms with Crippen LogP contribution in [0, 0.1) is 5.92 Å². The van der Waals surface area contributed by atoms with E-state index in [2.05, 4.69) is 18.7 Å². The summed E-state index contributed by atoms with van der Waals surface area (Å²) in [7, 11) is 0. The Morgan fingerprint density at radius 3 is 2.86 bits per heavy atom. The number of hydrogen-bond acceptors (Lipinski definition) is 3. The van der Waals surface area contributed by atoms with Crippen molar-refractivity contribution in [3.8, 4) is 0 Å². The fourth-order valence-electron chi connectivity index (χ4n) is 2.17. The van der Waals surface area contributed by atoms with Crippen LogP contribution in [-0.4, -0.2) is 43.8 Å². The maximum atomic E-state index is 5.76. The van der Waals surface area contributed by atoms with Crippen LogP contribution in [0.25, 0.3) is 0 Å². The van der Waals surface area contributed by atoms with Crippen molar-refractivity contribution >= 4 is 0 Å². The lowest BCUT2D eigenvalue weighted by Gasteiger charge is -2.25. The van der Waals surface area contributed by atoms with E-state index in [0.717, 1.165) is 38.6 Å². The van der Waals surface area contributed by atoms with E-state index in [1.54, 1.807) is 0 Å². The van der Waals surface area contributed by atoms with Crippen LogP contribution in [0.15, 0.2) is 0 Å². The standard InChI is InChI=1S/C11H24N2O/c1-3-7-14-8-6-13-5-4-10(2)11(13)9-12/h10-11H,3-9,12H2,1-2H3. The molecule has 1 fully saturated rings. The van der Waals surface area contributed by atoms with E-state index < -0.39 is 0 Å². The number of nitrogens with two attached hydrogens (primary N) is 1. The van der Waals surface area contributed by atoms with Crippen molar-refractivity contribution < 1.29 is 4.74 Å². The third kappa shape index (κ3) is 3.23. The van der Waals surface area contributed by atoms with Crippen molar-refractivity contribution in [2.24, 2.45) is 11.7 Å². The molecule has 1 aliphatic rings. The molecule has 0 amide bonds. The molecule has 0 spiro atoms. The van der Waals surface area contributed by atoms with Gasteiger partial charge in [-0.15, -0.1) is 0 Å². The number of rotatable bonds is 6. The maximum absolute atomic E-state index is 5.76. The minimum atomic E-state index is 0.584. The minimum Gasteiger partial charge on any atom is -0.380 e. The van der Waals surface area contributed by atoms with Crippen LogP contribution in [-0.2, 0) is 4.74 Å². The normalized spacial score (nSPS) is 28.5. The summed E-state index contributed by atoms with van der Waals surface area (Å²) in [6, 6.07) is 0.584. The average Bonchev–Trinajstić information content (AvgIpc) is 2.54. The van der Waals surface area contributed by atoms with Gasteiger partial charge in [-0.3, -0.25) is 4.90 Å².